The molecule has 5 nitrogen and oxygen atoms in total. The van der Waals surface area contributed by atoms with E-state index in [1.54, 1.807) is 37.4 Å². The lowest BCUT2D eigenvalue weighted by Gasteiger charge is -2.17. The summed E-state index contributed by atoms with van der Waals surface area (Å²) in [6.45, 7) is 2.23. The predicted molar refractivity (Wildman–Crippen MR) is 94.1 cm³/mol. The van der Waals surface area contributed by atoms with Gasteiger partial charge in [-0.15, -0.1) is 0 Å². The van der Waals surface area contributed by atoms with Crippen LogP contribution in [0, 0.1) is 6.92 Å². The maximum absolute atomic E-state index is 12.5. The summed E-state index contributed by atoms with van der Waals surface area (Å²) in [5.41, 5.74) is 2.59. The van der Waals surface area contributed by atoms with E-state index >= 15 is 0 Å². The molecule has 0 fully saturated rings. The SMILES string of the molecule is Cc1ccc(NC(=O)c2ccc3c(c2)N(C)C(=O)CCO3)cc1Cl. The van der Waals surface area contributed by atoms with Crippen molar-refractivity contribution in [1.82, 2.24) is 0 Å². The van der Waals surface area contributed by atoms with Crippen LogP contribution in [0.25, 0.3) is 0 Å². The van der Waals surface area contributed by atoms with Gasteiger partial charge in [0, 0.05) is 23.3 Å². The molecule has 0 atom stereocenters. The summed E-state index contributed by atoms with van der Waals surface area (Å²) in [4.78, 5) is 25.9. The summed E-state index contributed by atoms with van der Waals surface area (Å²) >= 11 is 6.08. The minimum Gasteiger partial charge on any atom is -0.491 e. The molecule has 2 amide bonds. The van der Waals surface area contributed by atoms with E-state index in [0.29, 0.717) is 40.7 Å². The second-order valence-electron chi connectivity index (χ2n) is 5.65. The van der Waals surface area contributed by atoms with Gasteiger partial charge in [-0.25, -0.2) is 0 Å². The average Bonchev–Trinajstić information content (AvgIpc) is 2.70. The number of hydrogen-bond acceptors (Lipinski definition) is 3. The van der Waals surface area contributed by atoms with Crippen molar-refractivity contribution in [3.8, 4) is 5.75 Å². The predicted octanol–water partition coefficient (Wildman–Crippen LogP) is 3.65. The highest BCUT2D eigenvalue weighted by Crippen LogP contribution is 2.32. The Morgan fingerprint density at radius 2 is 2.04 bits per heavy atom. The number of anilines is 2. The van der Waals surface area contributed by atoms with Gasteiger partial charge in [0.2, 0.25) is 5.91 Å². The molecule has 0 spiro atoms. The van der Waals surface area contributed by atoms with Crippen LogP contribution >= 0.6 is 11.6 Å². The zero-order valence-corrected chi connectivity index (χ0v) is 14.2. The number of nitrogens with zero attached hydrogens (tertiary/aromatic N) is 1. The highest BCUT2D eigenvalue weighted by atomic mass is 35.5. The molecule has 2 aromatic carbocycles. The van der Waals surface area contributed by atoms with E-state index < -0.39 is 0 Å². The van der Waals surface area contributed by atoms with Gasteiger partial charge in [-0.2, -0.15) is 0 Å². The number of ether oxygens (including phenoxy) is 1. The van der Waals surface area contributed by atoms with Crippen LogP contribution in [0.2, 0.25) is 5.02 Å². The average molecular weight is 345 g/mol. The Kier molecular flexibility index (Phi) is 4.44. The first-order valence-corrected chi connectivity index (χ1v) is 7.94. The highest BCUT2D eigenvalue weighted by molar-refractivity contribution is 6.31. The third kappa shape index (κ3) is 3.21. The number of fused-ring (bicyclic) bond motifs is 1. The Labute approximate surface area is 145 Å². The Balaban J connectivity index is 1.87. The molecule has 1 heterocycles. The minimum absolute atomic E-state index is 0.0448. The van der Waals surface area contributed by atoms with Crippen molar-refractivity contribution in [3.05, 3.63) is 52.5 Å². The topological polar surface area (TPSA) is 58.6 Å². The van der Waals surface area contributed by atoms with Crippen LogP contribution in [0.4, 0.5) is 11.4 Å². The fourth-order valence-corrected chi connectivity index (χ4v) is 2.65. The number of rotatable bonds is 2. The first-order chi connectivity index (χ1) is 11.5. The molecule has 0 saturated heterocycles. The van der Waals surface area contributed by atoms with Crippen LogP contribution in [-0.4, -0.2) is 25.5 Å². The van der Waals surface area contributed by atoms with Crippen LogP contribution in [0.15, 0.2) is 36.4 Å². The van der Waals surface area contributed by atoms with E-state index in [9.17, 15) is 9.59 Å². The van der Waals surface area contributed by atoms with Crippen molar-refractivity contribution < 1.29 is 14.3 Å². The Morgan fingerprint density at radius 3 is 2.79 bits per heavy atom. The van der Waals surface area contributed by atoms with Crippen LogP contribution in [0.1, 0.15) is 22.3 Å². The van der Waals surface area contributed by atoms with Gasteiger partial charge in [0.05, 0.1) is 18.7 Å². The van der Waals surface area contributed by atoms with E-state index in [1.165, 1.54) is 4.90 Å². The second-order valence-corrected chi connectivity index (χ2v) is 6.06. The van der Waals surface area contributed by atoms with Crippen molar-refractivity contribution in [2.45, 2.75) is 13.3 Å². The summed E-state index contributed by atoms with van der Waals surface area (Å²) in [6.07, 6.45) is 0.314. The molecule has 0 radical (unpaired) electrons. The molecule has 0 aromatic heterocycles. The number of nitrogens with one attached hydrogen (secondary N) is 1. The third-order valence-corrected chi connectivity index (χ3v) is 4.37. The van der Waals surface area contributed by atoms with Gasteiger partial charge in [0.25, 0.3) is 5.91 Å². The molecule has 124 valence electrons. The Hall–Kier alpha value is -2.53. The van der Waals surface area contributed by atoms with Crippen molar-refractivity contribution >= 4 is 34.8 Å². The summed E-state index contributed by atoms with van der Waals surface area (Å²) in [6, 6.07) is 10.4. The number of carbonyl (C=O) groups is 2. The fourth-order valence-electron chi connectivity index (χ4n) is 2.47. The summed E-state index contributed by atoms with van der Waals surface area (Å²) in [5.74, 6) is 0.276. The highest BCUT2D eigenvalue weighted by Gasteiger charge is 2.21. The van der Waals surface area contributed by atoms with Crippen molar-refractivity contribution in [1.29, 1.82) is 0 Å². The lowest BCUT2D eigenvalue weighted by Crippen LogP contribution is -2.25. The van der Waals surface area contributed by atoms with Gasteiger partial charge >= 0.3 is 0 Å². The van der Waals surface area contributed by atoms with Crippen LogP contribution in [-0.2, 0) is 4.79 Å². The van der Waals surface area contributed by atoms with E-state index in [2.05, 4.69) is 5.32 Å². The molecule has 0 saturated carbocycles. The Morgan fingerprint density at radius 1 is 1.25 bits per heavy atom. The van der Waals surface area contributed by atoms with Gasteiger partial charge in [-0.1, -0.05) is 17.7 Å². The van der Waals surface area contributed by atoms with Crippen LogP contribution < -0.4 is 15.0 Å². The number of aryl methyl sites for hydroxylation is 1. The van der Waals surface area contributed by atoms with Gasteiger partial charge in [0.1, 0.15) is 5.75 Å². The normalized spacial score (nSPS) is 13.8. The summed E-state index contributed by atoms with van der Waals surface area (Å²) < 4.78 is 5.56. The van der Waals surface area contributed by atoms with Crippen LogP contribution in [0.5, 0.6) is 5.75 Å². The molecule has 3 rings (SSSR count). The third-order valence-electron chi connectivity index (χ3n) is 3.96. The standard InChI is InChI=1S/C18H17ClN2O3/c1-11-3-5-13(10-14(11)19)20-18(23)12-4-6-16-15(9-12)21(2)17(22)7-8-24-16/h3-6,9-10H,7-8H2,1-2H3,(H,20,23). The van der Waals surface area contributed by atoms with Gasteiger partial charge in [0.15, 0.2) is 0 Å². The zero-order chi connectivity index (χ0) is 17.3. The van der Waals surface area contributed by atoms with E-state index in [1.807, 2.05) is 13.0 Å². The van der Waals surface area contributed by atoms with E-state index in [-0.39, 0.29) is 11.8 Å². The van der Waals surface area contributed by atoms with E-state index in [4.69, 9.17) is 16.3 Å². The van der Waals surface area contributed by atoms with Gasteiger partial charge in [-0.3, -0.25) is 9.59 Å². The smallest absolute Gasteiger partial charge is 0.255 e. The van der Waals surface area contributed by atoms with Gasteiger partial charge in [-0.05, 0) is 42.8 Å². The van der Waals surface area contributed by atoms with Crippen molar-refractivity contribution in [2.75, 3.05) is 23.9 Å². The lowest BCUT2D eigenvalue weighted by molar-refractivity contribution is -0.118. The molecule has 6 heteroatoms. The molecule has 1 aliphatic rings. The monoisotopic (exact) mass is 344 g/mol. The minimum atomic E-state index is -0.275. The molecular formula is C18H17ClN2O3. The van der Waals surface area contributed by atoms with E-state index in [0.717, 1.165) is 5.56 Å². The lowest BCUT2D eigenvalue weighted by atomic mass is 10.1. The molecule has 1 aliphatic heterocycles. The zero-order valence-electron chi connectivity index (χ0n) is 13.4. The molecule has 1 N–H and O–H groups in total. The quantitative estimate of drug-likeness (QED) is 0.904. The van der Waals surface area contributed by atoms with Crippen LogP contribution in [0.3, 0.4) is 0 Å². The maximum Gasteiger partial charge on any atom is 0.255 e. The van der Waals surface area contributed by atoms with Crippen molar-refractivity contribution in [2.24, 2.45) is 0 Å². The molecule has 0 bridgehead atoms. The Bertz CT molecular complexity index is 820. The molecule has 2 aromatic rings. The number of halogens is 1. The fraction of sp³-hybridized carbons (Fsp3) is 0.222. The number of hydrogen-bond donors (Lipinski definition) is 1. The molecule has 0 aliphatic carbocycles. The summed E-state index contributed by atoms with van der Waals surface area (Å²) in [5, 5.41) is 3.40. The number of benzene rings is 2. The summed E-state index contributed by atoms with van der Waals surface area (Å²) in [7, 11) is 1.68. The van der Waals surface area contributed by atoms with Crippen molar-refractivity contribution in [3.63, 3.8) is 0 Å². The number of amides is 2. The molecule has 0 unspecified atom stereocenters. The first kappa shape index (κ1) is 16.3. The molecular weight excluding hydrogens is 328 g/mol. The number of carbonyl (C=O) groups excluding carboxylic acids is 2. The van der Waals surface area contributed by atoms with Gasteiger partial charge < -0.3 is 15.0 Å². The molecule has 24 heavy (non-hydrogen) atoms. The second kappa shape index (κ2) is 6.53. The largest absolute Gasteiger partial charge is 0.491 e. The first-order valence-electron chi connectivity index (χ1n) is 7.56. The maximum atomic E-state index is 12.5.